The van der Waals surface area contributed by atoms with Crippen molar-refractivity contribution < 1.29 is 5.11 Å². The van der Waals surface area contributed by atoms with Crippen molar-refractivity contribution >= 4 is 17.8 Å². The second-order valence-corrected chi connectivity index (χ2v) is 5.88. The van der Waals surface area contributed by atoms with E-state index >= 15 is 0 Å². The zero-order chi connectivity index (χ0) is 14.0. The highest BCUT2D eigenvalue weighted by Crippen LogP contribution is 2.44. The molecule has 0 bridgehead atoms. The molecule has 4 N–H and O–H groups in total. The minimum absolute atomic E-state index is 0.0205. The molecule has 2 fully saturated rings. The first kappa shape index (κ1) is 13.4. The van der Waals surface area contributed by atoms with Crippen LogP contribution >= 0.6 is 0 Å². The van der Waals surface area contributed by atoms with E-state index in [2.05, 4.69) is 25.2 Å². The van der Waals surface area contributed by atoms with Crippen molar-refractivity contribution in [2.45, 2.75) is 32.1 Å². The van der Waals surface area contributed by atoms with Crippen molar-refractivity contribution in [1.29, 1.82) is 0 Å². The van der Waals surface area contributed by atoms with E-state index in [0.717, 1.165) is 25.9 Å². The molecule has 2 aliphatic rings. The van der Waals surface area contributed by atoms with Gasteiger partial charge < -0.3 is 21.1 Å². The Balaban J connectivity index is 1.69. The Labute approximate surface area is 118 Å². The number of aliphatic hydroxyl groups is 1. The van der Waals surface area contributed by atoms with Gasteiger partial charge in [-0.05, 0) is 32.1 Å². The quantitative estimate of drug-likeness (QED) is 0.726. The number of nitrogens with two attached hydrogens (primary N) is 1. The fourth-order valence-corrected chi connectivity index (χ4v) is 2.53. The lowest BCUT2D eigenvalue weighted by Gasteiger charge is -2.26. The largest absolute Gasteiger partial charge is 0.396 e. The number of aromatic nitrogens is 3. The van der Waals surface area contributed by atoms with Gasteiger partial charge in [-0.25, -0.2) is 0 Å². The van der Waals surface area contributed by atoms with E-state index < -0.39 is 0 Å². The van der Waals surface area contributed by atoms with Crippen molar-refractivity contribution in [2.75, 3.05) is 42.2 Å². The summed E-state index contributed by atoms with van der Waals surface area (Å²) in [5.74, 6) is 1.42. The van der Waals surface area contributed by atoms with Gasteiger partial charge in [0.2, 0.25) is 17.8 Å². The minimum Gasteiger partial charge on any atom is -0.396 e. The first-order valence-corrected chi connectivity index (χ1v) is 7.32. The highest BCUT2D eigenvalue weighted by molar-refractivity contribution is 5.42. The lowest BCUT2D eigenvalue weighted by atomic mass is 10.1. The number of nitrogens with zero attached hydrogens (tertiary/aromatic N) is 4. The molecule has 1 aliphatic carbocycles. The van der Waals surface area contributed by atoms with E-state index in [1.165, 1.54) is 19.3 Å². The van der Waals surface area contributed by atoms with E-state index in [-0.39, 0.29) is 18.0 Å². The molecule has 0 radical (unpaired) electrons. The summed E-state index contributed by atoms with van der Waals surface area (Å²) in [7, 11) is 0. The molecule has 0 spiro atoms. The Hall–Kier alpha value is -1.63. The van der Waals surface area contributed by atoms with Crippen LogP contribution < -0.4 is 16.0 Å². The predicted octanol–water partition coefficient (Wildman–Crippen LogP) is 0.628. The summed E-state index contributed by atoms with van der Waals surface area (Å²) in [5.41, 5.74) is 5.80. The number of hydrogen-bond acceptors (Lipinski definition) is 7. The smallest absolute Gasteiger partial charge is 0.231 e. The number of hydrogen-bond donors (Lipinski definition) is 3. The van der Waals surface area contributed by atoms with Crippen LogP contribution in [0.15, 0.2) is 0 Å². The van der Waals surface area contributed by atoms with Crippen LogP contribution in [0.25, 0.3) is 0 Å². The van der Waals surface area contributed by atoms with Crippen LogP contribution in [0.2, 0.25) is 0 Å². The average molecular weight is 278 g/mol. The summed E-state index contributed by atoms with van der Waals surface area (Å²) in [4.78, 5) is 15.0. The van der Waals surface area contributed by atoms with Crippen LogP contribution in [0.5, 0.6) is 0 Å². The van der Waals surface area contributed by atoms with Gasteiger partial charge >= 0.3 is 0 Å². The van der Waals surface area contributed by atoms with Gasteiger partial charge in [-0.3, -0.25) is 0 Å². The number of piperidine rings is 1. The monoisotopic (exact) mass is 278 g/mol. The molecule has 0 unspecified atom stereocenters. The van der Waals surface area contributed by atoms with E-state index in [1.54, 1.807) is 0 Å². The second kappa shape index (κ2) is 5.40. The molecule has 1 aromatic rings. The lowest BCUT2D eigenvalue weighted by molar-refractivity contribution is 0.219. The molecule has 3 rings (SSSR count). The van der Waals surface area contributed by atoms with Crippen LogP contribution in [0.3, 0.4) is 0 Å². The fraction of sp³-hybridized carbons (Fsp3) is 0.769. The van der Waals surface area contributed by atoms with Gasteiger partial charge in [0.05, 0.1) is 6.61 Å². The molecule has 0 atom stereocenters. The second-order valence-electron chi connectivity index (χ2n) is 5.88. The summed E-state index contributed by atoms with van der Waals surface area (Å²) in [6.07, 6.45) is 5.71. The third-order valence-corrected chi connectivity index (χ3v) is 4.19. The topological polar surface area (TPSA) is 100 Å². The lowest BCUT2D eigenvalue weighted by Crippen LogP contribution is -2.31. The molecule has 2 heterocycles. The van der Waals surface area contributed by atoms with Crippen LogP contribution in [-0.2, 0) is 0 Å². The number of rotatable bonds is 5. The Bertz CT molecular complexity index is 470. The maximum atomic E-state index is 9.32. The average Bonchev–Trinajstić information content (AvgIpc) is 3.26. The van der Waals surface area contributed by atoms with Crippen molar-refractivity contribution in [3.8, 4) is 0 Å². The van der Waals surface area contributed by atoms with Crippen molar-refractivity contribution in [1.82, 2.24) is 15.0 Å². The van der Waals surface area contributed by atoms with Crippen LogP contribution in [-0.4, -0.2) is 46.3 Å². The van der Waals surface area contributed by atoms with E-state index in [1.807, 2.05) is 0 Å². The molecule has 1 saturated heterocycles. The molecule has 1 aromatic heterocycles. The zero-order valence-electron chi connectivity index (χ0n) is 11.7. The first-order valence-electron chi connectivity index (χ1n) is 7.32. The molecule has 0 aromatic carbocycles. The maximum absolute atomic E-state index is 9.32. The summed E-state index contributed by atoms with van der Waals surface area (Å²) in [5, 5.41) is 12.5. The Morgan fingerprint density at radius 1 is 1.15 bits per heavy atom. The van der Waals surface area contributed by atoms with Gasteiger partial charge in [0.15, 0.2) is 0 Å². The maximum Gasteiger partial charge on any atom is 0.231 e. The Morgan fingerprint density at radius 3 is 2.55 bits per heavy atom. The SMILES string of the molecule is Nc1nc(NCC2(CO)CC2)nc(N2CCCCC2)n1. The molecular formula is C13H22N6O. The first-order chi connectivity index (χ1) is 9.71. The molecule has 7 nitrogen and oxygen atoms in total. The third-order valence-electron chi connectivity index (χ3n) is 4.19. The van der Waals surface area contributed by atoms with Crippen molar-refractivity contribution in [3.63, 3.8) is 0 Å². The number of nitrogen functional groups attached to an aromatic ring is 1. The van der Waals surface area contributed by atoms with E-state index in [9.17, 15) is 5.11 Å². The molecule has 0 amide bonds. The Morgan fingerprint density at radius 2 is 1.90 bits per heavy atom. The Kier molecular flexibility index (Phi) is 3.60. The number of nitrogens with one attached hydrogen (secondary N) is 1. The predicted molar refractivity (Wildman–Crippen MR) is 77.5 cm³/mol. The van der Waals surface area contributed by atoms with Crippen LogP contribution in [0.1, 0.15) is 32.1 Å². The van der Waals surface area contributed by atoms with Crippen LogP contribution in [0, 0.1) is 5.41 Å². The fourth-order valence-electron chi connectivity index (χ4n) is 2.53. The molecule has 110 valence electrons. The van der Waals surface area contributed by atoms with Gasteiger partial charge in [0, 0.05) is 25.0 Å². The molecule has 1 aliphatic heterocycles. The van der Waals surface area contributed by atoms with Crippen molar-refractivity contribution in [3.05, 3.63) is 0 Å². The summed E-state index contributed by atoms with van der Waals surface area (Å²) in [6.45, 7) is 2.85. The third kappa shape index (κ3) is 2.92. The van der Waals surface area contributed by atoms with Gasteiger partial charge in [0.25, 0.3) is 0 Å². The highest BCUT2D eigenvalue weighted by atomic mass is 16.3. The highest BCUT2D eigenvalue weighted by Gasteiger charge is 2.41. The zero-order valence-corrected chi connectivity index (χ0v) is 11.7. The number of aliphatic hydroxyl groups excluding tert-OH is 1. The van der Waals surface area contributed by atoms with Gasteiger partial charge in [-0.15, -0.1) is 0 Å². The summed E-state index contributed by atoms with van der Waals surface area (Å²) < 4.78 is 0. The normalized spacial score (nSPS) is 20.8. The summed E-state index contributed by atoms with van der Waals surface area (Å²) >= 11 is 0. The number of anilines is 3. The molecular weight excluding hydrogens is 256 g/mol. The van der Waals surface area contributed by atoms with Gasteiger partial charge in [0.1, 0.15) is 0 Å². The molecule has 7 heteroatoms. The van der Waals surface area contributed by atoms with Gasteiger partial charge in [-0.1, -0.05) is 0 Å². The van der Waals surface area contributed by atoms with Gasteiger partial charge in [-0.2, -0.15) is 15.0 Å². The molecule has 20 heavy (non-hydrogen) atoms. The molecule has 1 saturated carbocycles. The summed E-state index contributed by atoms with van der Waals surface area (Å²) in [6, 6.07) is 0. The van der Waals surface area contributed by atoms with E-state index in [4.69, 9.17) is 5.73 Å². The standard InChI is InChI=1S/C13H22N6O/c14-10-16-11(15-8-13(9-20)4-5-13)18-12(17-10)19-6-2-1-3-7-19/h20H,1-9H2,(H3,14,15,16,17,18). The van der Waals surface area contributed by atoms with Crippen molar-refractivity contribution in [2.24, 2.45) is 5.41 Å². The van der Waals surface area contributed by atoms with Crippen LogP contribution in [0.4, 0.5) is 17.8 Å². The minimum atomic E-state index is 0.0205. The van der Waals surface area contributed by atoms with E-state index in [0.29, 0.717) is 18.4 Å².